The fourth-order valence-corrected chi connectivity index (χ4v) is 4.35. The SMILES string of the molecule is Cc1c(C=Cc2ccccc2)c(N2CC[C@H](N(C)C)C2)c2oc(C(C)(C)C)nc2c1C#N.Cl. The van der Waals surface area contributed by atoms with E-state index in [4.69, 9.17) is 9.40 Å². The zero-order valence-corrected chi connectivity index (χ0v) is 21.2. The van der Waals surface area contributed by atoms with E-state index >= 15 is 0 Å². The first-order valence-corrected chi connectivity index (χ1v) is 11.2. The summed E-state index contributed by atoms with van der Waals surface area (Å²) in [5.74, 6) is 0.664. The Hall–Kier alpha value is -2.81. The van der Waals surface area contributed by atoms with E-state index in [-0.39, 0.29) is 17.8 Å². The molecule has 0 saturated carbocycles. The quantitative estimate of drug-likeness (QED) is 0.440. The van der Waals surface area contributed by atoms with Crippen molar-refractivity contribution < 1.29 is 4.42 Å². The van der Waals surface area contributed by atoms with Gasteiger partial charge in [0.25, 0.3) is 0 Å². The molecule has 0 radical (unpaired) electrons. The van der Waals surface area contributed by atoms with Gasteiger partial charge in [0, 0.05) is 30.1 Å². The average Bonchev–Trinajstić information content (AvgIpc) is 3.40. The lowest BCUT2D eigenvalue weighted by Gasteiger charge is -2.24. The van der Waals surface area contributed by atoms with Crippen LogP contribution in [-0.4, -0.2) is 43.1 Å². The van der Waals surface area contributed by atoms with E-state index < -0.39 is 0 Å². The van der Waals surface area contributed by atoms with Crippen LogP contribution in [-0.2, 0) is 5.41 Å². The Bertz CT molecular complexity index is 1200. The van der Waals surface area contributed by atoms with Gasteiger partial charge in [0.2, 0.25) is 5.89 Å². The van der Waals surface area contributed by atoms with Gasteiger partial charge in [0.1, 0.15) is 11.6 Å². The number of fused-ring (bicyclic) bond motifs is 1. The van der Waals surface area contributed by atoms with Crippen LogP contribution in [0.1, 0.15) is 55.3 Å². The molecule has 174 valence electrons. The lowest BCUT2D eigenvalue weighted by Crippen LogP contribution is -2.31. The van der Waals surface area contributed by atoms with Gasteiger partial charge in [-0.3, -0.25) is 0 Å². The molecule has 3 aromatic rings. The first-order valence-electron chi connectivity index (χ1n) is 11.2. The predicted molar refractivity (Wildman–Crippen MR) is 139 cm³/mol. The topological polar surface area (TPSA) is 56.3 Å². The summed E-state index contributed by atoms with van der Waals surface area (Å²) < 4.78 is 6.41. The van der Waals surface area contributed by atoms with Gasteiger partial charge >= 0.3 is 0 Å². The Kier molecular flexibility index (Phi) is 7.21. The molecule has 1 aliphatic rings. The van der Waals surface area contributed by atoms with Crippen LogP contribution in [0.15, 0.2) is 34.7 Å². The second-order valence-corrected chi connectivity index (χ2v) is 9.92. The third kappa shape index (κ3) is 4.78. The number of likely N-dealkylation sites (N-methyl/N-ethyl adjacent to an activating group) is 1. The van der Waals surface area contributed by atoms with Gasteiger partial charge in [-0.2, -0.15) is 5.26 Å². The van der Waals surface area contributed by atoms with Crippen molar-refractivity contribution >= 4 is 41.3 Å². The second kappa shape index (κ2) is 9.59. The molecule has 6 heteroatoms. The van der Waals surface area contributed by atoms with Crippen LogP contribution in [0, 0.1) is 18.3 Å². The first kappa shape index (κ1) is 24.8. The molecular weight excluding hydrogens is 432 g/mol. The van der Waals surface area contributed by atoms with Crippen molar-refractivity contribution in [2.75, 3.05) is 32.1 Å². The van der Waals surface area contributed by atoms with E-state index in [1.165, 1.54) is 0 Å². The smallest absolute Gasteiger partial charge is 0.201 e. The first-order chi connectivity index (χ1) is 15.2. The molecule has 1 aromatic heterocycles. The number of benzene rings is 2. The van der Waals surface area contributed by atoms with E-state index in [1.54, 1.807) is 0 Å². The molecule has 0 unspecified atom stereocenters. The third-order valence-corrected chi connectivity index (χ3v) is 6.32. The van der Waals surface area contributed by atoms with Gasteiger partial charge in [0.15, 0.2) is 5.58 Å². The second-order valence-electron chi connectivity index (χ2n) is 9.92. The summed E-state index contributed by atoms with van der Waals surface area (Å²) in [4.78, 5) is 9.50. The summed E-state index contributed by atoms with van der Waals surface area (Å²) in [7, 11) is 4.27. The summed E-state index contributed by atoms with van der Waals surface area (Å²) in [6.07, 6.45) is 5.33. The van der Waals surface area contributed by atoms with Gasteiger partial charge in [-0.05, 0) is 38.6 Å². The number of hydrogen-bond acceptors (Lipinski definition) is 5. The molecule has 1 fully saturated rings. The number of halogens is 1. The molecule has 0 amide bonds. The summed E-state index contributed by atoms with van der Waals surface area (Å²) in [5.41, 5.74) is 5.92. The number of nitriles is 1. The lowest BCUT2D eigenvalue weighted by atomic mass is 9.96. The highest BCUT2D eigenvalue weighted by atomic mass is 35.5. The Labute approximate surface area is 203 Å². The maximum Gasteiger partial charge on any atom is 0.201 e. The highest BCUT2D eigenvalue weighted by molar-refractivity contribution is 5.99. The number of anilines is 1. The van der Waals surface area contributed by atoms with E-state index in [0.29, 0.717) is 23.0 Å². The van der Waals surface area contributed by atoms with Gasteiger partial charge < -0.3 is 14.2 Å². The zero-order valence-electron chi connectivity index (χ0n) is 20.3. The largest absolute Gasteiger partial charge is 0.438 e. The van der Waals surface area contributed by atoms with Crippen molar-refractivity contribution in [1.29, 1.82) is 5.26 Å². The summed E-state index contributed by atoms with van der Waals surface area (Å²) in [6.45, 7) is 10.2. The molecule has 1 aliphatic heterocycles. The number of hydrogen-bond donors (Lipinski definition) is 0. The van der Waals surface area contributed by atoms with Crippen LogP contribution in [0.5, 0.6) is 0 Å². The zero-order chi connectivity index (χ0) is 23.0. The molecule has 33 heavy (non-hydrogen) atoms. The number of aromatic nitrogens is 1. The monoisotopic (exact) mass is 464 g/mol. The molecule has 0 aliphatic carbocycles. The molecule has 5 nitrogen and oxygen atoms in total. The minimum Gasteiger partial charge on any atom is -0.438 e. The van der Waals surface area contributed by atoms with Crippen LogP contribution in [0.25, 0.3) is 23.3 Å². The molecule has 0 spiro atoms. The fourth-order valence-electron chi connectivity index (χ4n) is 4.35. The third-order valence-electron chi connectivity index (χ3n) is 6.32. The molecular formula is C27H33ClN4O. The van der Waals surface area contributed by atoms with E-state index in [1.807, 2.05) is 25.1 Å². The Balaban J connectivity index is 0.00000306. The standard InChI is InChI=1S/C27H32N4O.ClH/c1-18-21(13-12-19-10-8-7-9-11-19)24(31-15-14-20(17-31)30(5)6)25-23(22(18)16-28)29-26(32-25)27(2,3)4;/h7-13,20H,14-15,17H2,1-6H3;1H/t20-;/m0./s1. The molecule has 2 aromatic carbocycles. The van der Waals surface area contributed by atoms with Crippen LogP contribution in [0.3, 0.4) is 0 Å². The van der Waals surface area contributed by atoms with Crippen LogP contribution in [0.4, 0.5) is 5.69 Å². The average molecular weight is 465 g/mol. The number of nitrogens with zero attached hydrogens (tertiary/aromatic N) is 4. The molecule has 1 atom stereocenters. The minimum absolute atomic E-state index is 0. The Morgan fingerprint density at radius 3 is 2.45 bits per heavy atom. The molecule has 4 rings (SSSR count). The van der Waals surface area contributed by atoms with Crippen molar-refractivity contribution in [3.8, 4) is 6.07 Å². The molecule has 0 bridgehead atoms. The summed E-state index contributed by atoms with van der Waals surface area (Å²) in [5, 5.41) is 10.0. The normalized spacial score (nSPS) is 16.5. The highest BCUT2D eigenvalue weighted by Gasteiger charge is 2.32. The van der Waals surface area contributed by atoms with Gasteiger partial charge in [-0.25, -0.2) is 4.98 Å². The maximum absolute atomic E-state index is 10.0. The predicted octanol–water partition coefficient (Wildman–Crippen LogP) is 6.04. The number of oxazole rings is 1. The molecule has 1 saturated heterocycles. The van der Waals surface area contributed by atoms with Crippen molar-refractivity contribution in [2.24, 2.45) is 0 Å². The lowest BCUT2D eigenvalue weighted by molar-refractivity contribution is 0.315. The maximum atomic E-state index is 10.0. The van der Waals surface area contributed by atoms with Crippen LogP contribution >= 0.6 is 12.4 Å². The number of rotatable bonds is 4. The molecule has 2 heterocycles. The van der Waals surface area contributed by atoms with Crippen LogP contribution in [0.2, 0.25) is 0 Å². The van der Waals surface area contributed by atoms with E-state index in [0.717, 1.165) is 47.5 Å². The van der Waals surface area contributed by atoms with Crippen LogP contribution < -0.4 is 4.90 Å². The van der Waals surface area contributed by atoms with Gasteiger partial charge in [-0.1, -0.05) is 63.3 Å². The van der Waals surface area contributed by atoms with Crippen molar-refractivity contribution in [3.63, 3.8) is 0 Å². The van der Waals surface area contributed by atoms with Crippen molar-refractivity contribution in [1.82, 2.24) is 9.88 Å². The van der Waals surface area contributed by atoms with Gasteiger partial charge in [0.05, 0.1) is 11.3 Å². The fraction of sp³-hybridized carbons (Fsp3) is 0.407. The van der Waals surface area contributed by atoms with Crippen molar-refractivity contribution in [3.05, 3.63) is 58.5 Å². The summed E-state index contributed by atoms with van der Waals surface area (Å²) in [6, 6.07) is 13.1. The minimum atomic E-state index is -0.242. The van der Waals surface area contributed by atoms with E-state index in [9.17, 15) is 5.26 Å². The highest BCUT2D eigenvalue weighted by Crippen LogP contribution is 2.41. The van der Waals surface area contributed by atoms with Crippen molar-refractivity contribution in [2.45, 2.75) is 45.6 Å². The van der Waals surface area contributed by atoms with Gasteiger partial charge in [-0.15, -0.1) is 12.4 Å². The molecule has 0 N–H and O–H groups in total. The van der Waals surface area contributed by atoms with E-state index in [2.05, 4.69) is 75.0 Å². The summed E-state index contributed by atoms with van der Waals surface area (Å²) >= 11 is 0. The Morgan fingerprint density at radius 2 is 1.88 bits per heavy atom. The Morgan fingerprint density at radius 1 is 1.18 bits per heavy atom.